The first-order valence-corrected chi connectivity index (χ1v) is 6.94. The van der Waals surface area contributed by atoms with Crippen LogP contribution in [0, 0.1) is 13.8 Å². The van der Waals surface area contributed by atoms with E-state index in [1.807, 2.05) is 19.1 Å². The van der Waals surface area contributed by atoms with E-state index < -0.39 is 0 Å². The number of hydrogen-bond acceptors (Lipinski definition) is 2. The number of anilines is 1. The van der Waals surface area contributed by atoms with Gasteiger partial charge in [-0.1, -0.05) is 48.4 Å². The normalized spacial score (nSPS) is 12.2. The molecule has 1 aromatic carbocycles. The van der Waals surface area contributed by atoms with Gasteiger partial charge < -0.3 is 5.32 Å². The van der Waals surface area contributed by atoms with Crippen LogP contribution in [0.4, 0.5) is 5.69 Å². The lowest BCUT2D eigenvalue weighted by Gasteiger charge is -2.20. The van der Waals surface area contributed by atoms with E-state index in [2.05, 4.69) is 48.4 Å². The molecule has 0 saturated heterocycles. The third-order valence-electron chi connectivity index (χ3n) is 3.27. The fourth-order valence-electron chi connectivity index (χ4n) is 2.09. The summed E-state index contributed by atoms with van der Waals surface area (Å²) in [5.41, 5.74) is 4.54. The third-order valence-corrected chi connectivity index (χ3v) is 3.48. The molecule has 0 radical (unpaired) electrons. The maximum Gasteiger partial charge on any atom is 0.129 e. The summed E-state index contributed by atoms with van der Waals surface area (Å²) in [6.45, 7) is 6.25. The van der Waals surface area contributed by atoms with Crippen LogP contribution in [0.25, 0.3) is 0 Å². The molecule has 1 N–H and O–H groups in total. The van der Waals surface area contributed by atoms with Gasteiger partial charge in [0.2, 0.25) is 0 Å². The number of nitrogens with one attached hydrogen (secondary N) is 1. The SMILES string of the molecule is CCC(Nc1ccc(Cl)nc1C)c1ccc(C)cc1. The number of aromatic nitrogens is 1. The summed E-state index contributed by atoms with van der Waals surface area (Å²) < 4.78 is 0. The zero-order chi connectivity index (χ0) is 13.8. The first-order valence-electron chi connectivity index (χ1n) is 6.56. The topological polar surface area (TPSA) is 24.9 Å². The lowest BCUT2D eigenvalue weighted by molar-refractivity contribution is 0.747. The third kappa shape index (κ3) is 3.48. The van der Waals surface area contributed by atoms with Crippen molar-refractivity contribution in [2.45, 2.75) is 33.2 Å². The minimum atomic E-state index is 0.294. The summed E-state index contributed by atoms with van der Waals surface area (Å²) in [6, 6.07) is 12.7. The molecular formula is C16H19ClN2. The molecule has 3 heteroatoms. The molecule has 0 spiro atoms. The molecule has 0 saturated carbocycles. The molecule has 2 rings (SSSR count). The monoisotopic (exact) mass is 274 g/mol. The van der Waals surface area contributed by atoms with E-state index in [1.165, 1.54) is 11.1 Å². The Balaban J connectivity index is 2.21. The smallest absolute Gasteiger partial charge is 0.129 e. The zero-order valence-corrected chi connectivity index (χ0v) is 12.3. The van der Waals surface area contributed by atoms with Gasteiger partial charge in [-0.15, -0.1) is 0 Å². The van der Waals surface area contributed by atoms with E-state index in [0.29, 0.717) is 11.2 Å². The van der Waals surface area contributed by atoms with Gasteiger partial charge in [0.1, 0.15) is 5.15 Å². The largest absolute Gasteiger partial charge is 0.377 e. The molecule has 1 aromatic heterocycles. The predicted octanol–water partition coefficient (Wildman–Crippen LogP) is 4.92. The molecule has 0 amide bonds. The fourth-order valence-corrected chi connectivity index (χ4v) is 2.28. The van der Waals surface area contributed by atoms with Crippen molar-refractivity contribution in [1.29, 1.82) is 0 Å². The van der Waals surface area contributed by atoms with E-state index in [-0.39, 0.29) is 0 Å². The molecule has 19 heavy (non-hydrogen) atoms. The van der Waals surface area contributed by atoms with E-state index in [0.717, 1.165) is 17.8 Å². The van der Waals surface area contributed by atoms with Gasteiger partial charge in [0.05, 0.1) is 17.4 Å². The van der Waals surface area contributed by atoms with E-state index >= 15 is 0 Å². The van der Waals surface area contributed by atoms with Crippen LogP contribution in [0.2, 0.25) is 5.15 Å². The van der Waals surface area contributed by atoms with Gasteiger partial charge in [0.15, 0.2) is 0 Å². The molecule has 0 aliphatic heterocycles. The van der Waals surface area contributed by atoms with Crippen LogP contribution < -0.4 is 5.32 Å². The van der Waals surface area contributed by atoms with Gasteiger partial charge in [-0.05, 0) is 38.0 Å². The van der Waals surface area contributed by atoms with E-state index in [9.17, 15) is 0 Å². The van der Waals surface area contributed by atoms with Crippen molar-refractivity contribution < 1.29 is 0 Å². The number of benzene rings is 1. The summed E-state index contributed by atoms with van der Waals surface area (Å²) in [5, 5.41) is 4.07. The first kappa shape index (κ1) is 13.9. The van der Waals surface area contributed by atoms with Crippen LogP contribution in [-0.2, 0) is 0 Å². The van der Waals surface area contributed by atoms with Crippen molar-refractivity contribution in [1.82, 2.24) is 4.98 Å². The highest BCUT2D eigenvalue weighted by Gasteiger charge is 2.10. The van der Waals surface area contributed by atoms with E-state index in [4.69, 9.17) is 11.6 Å². The average molecular weight is 275 g/mol. The number of pyridine rings is 1. The Morgan fingerprint density at radius 3 is 2.37 bits per heavy atom. The lowest BCUT2D eigenvalue weighted by Crippen LogP contribution is -2.11. The standard InChI is InChI=1S/C16H19ClN2/c1-4-14(13-7-5-11(2)6-8-13)19-15-9-10-16(17)18-12(15)3/h5-10,14,19H,4H2,1-3H3. The molecule has 2 nitrogen and oxygen atoms in total. The molecule has 0 fully saturated rings. The van der Waals surface area contributed by atoms with Crippen molar-refractivity contribution in [3.63, 3.8) is 0 Å². The predicted molar refractivity (Wildman–Crippen MR) is 81.8 cm³/mol. The van der Waals surface area contributed by atoms with Crippen LogP contribution in [-0.4, -0.2) is 4.98 Å². The summed E-state index contributed by atoms with van der Waals surface area (Å²) in [5.74, 6) is 0. The molecule has 100 valence electrons. The van der Waals surface area contributed by atoms with Crippen molar-refractivity contribution in [3.8, 4) is 0 Å². The van der Waals surface area contributed by atoms with Crippen molar-refractivity contribution >= 4 is 17.3 Å². The van der Waals surface area contributed by atoms with Crippen LogP contribution >= 0.6 is 11.6 Å². The van der Waals surface area contributed by atoms with Gasteiger partial charge in [-0.25, -0.2) is 4.98 Å². The lowest BCUT2D eigenvalue weighted by atomic mass is 10.0. The number of halogens is 1. The Morgan fingerprint density at radius 2 is 1.79 bits per heavy atom. The summed E-state index contributed by atoms with van der Waals surface area (Å²) in [4.78, 5) is 4.27. The molecule has 1 atom stereocenters. The van der Waals surface area contributed by atoms with Crippen LogP contribution in [0.1, 0.15) is 36.2 Å². The maximum atomic E-state index is 5.88. The van der Waals surface area contributed by atoms with Gasteiger partial charge >= 0.3 is 0 Å². The number of aryl methyl sites for hydroxylation is 2. The average Bonchev–Trinajstić information content (AvgIpc) is 2.39. The summed E-state index contributed by atoms with van der Waals surface area (Å²) in [7, 11) is 0. The highest BCUT2D eigenvalue weighted by molar-refractivity contribution is 6.29. The first-order chi connectivity index (χ1) is 9.10. The number of hydrogen-bond donors (Lipinski definition) is 1. The second-order valence-corrected chi connectivity index (χ2v) is 5.17. The number of nitrogens with zero attached hydrogens (tertiary/aromatic N) is 1. The number of rotatable bonds is 4. The molecule has 0 bridgehead atoms. The van der Waals surface area contributed by atoms with Crippen LogP contribution in [0.5, 0.6) is 0 Å². The van der Waals surface area contributed by atoms with Gasteiger partial charge in [0, 0.05) is 0 Å². The van der Waals surface area contributed by atoms with Crippen LogP contribution in [0.15, 0.2) is 36.4 Å². The highest BCUT2D eigenvalue weighted by atomic mass is 35.5. The fraction of sp³-hybridized carbons (Fsp3) is 0.312. The second-order valence-electron chi connectivity index (χ2n) is 4.78. The summed E-state index contributed by atoms with van der Waals surface area (Å²) >= 11 is 5.88. The Kier molecular flexibility index (Phi) is 4.43. The van der Waals surface area contributed by atoms with Gasteiger partial charge in [-0.3, -0.25) is 0 Å². The van der Waals surface area contributed by atoms with Crippen molar-refractivity contribution in [3.05, 3.63) is 58.4 Å². The van der Waals surface area contributed by atoms with Gasteiger partial charge in [-0.2, -0.15) is 0 Å². The highest BCUT2D eigenvalue weighted by Crippen LogP contribution is 2.25. The Morgan fingerprint density at radius 1 is 1.11 bits per heavy atom. The van der Waals surface area contributed by atoms with Crippen molar-refractivity contribution in [2.75, 3.05) is 5.32 Å². The molecular weight excluding hydrogens is 256 g/mol. The summed E-state index contributed by atoms with van der Waals surface area (Å²) in [6.07, 6.45) is 1.02. The molecule has 0 aliphatic carbocycles. The van der Waals surface area contributed by atoms with Crippen LogP contribution in [0.3, 0.4) is 0 Å². The second kappa shape index (κ2) is 6.07. The molecule has 1 heterocycles. The van der Waals surface area contributed by atoms with E-state index in [1.54, 1.807) is 0 Å². The maximum absolute atomic E-state index is 5.88. The zero-order valence-electron chi connectivity index (χ0n) is 11.6. The minimum absolute atomic E-state index is 0.294. The van der Waals surface area contributed by atoms with Crippen molar-refractivity contribution in [2.24, 2.45) is 0 Å². The minimum Gasteiger partial charge on any atom is -0.377 e. The van der Waals surface area contributed by atoms with Gasteiger partial charge in [0.25, 0.3) is 0 Å². The Hall–Kier alpha value is -1.54. The Labute approximate surface area is 119 Å². The quantitative estimate of drug-likeness (QED) is 0.801. The molecule has 1 unspecified atom stereocenters. The molecule has 0 aliphatic rings. The molecule has 2 aromatic rings. The Bertz CT molecular complexity index is 549.